The molecule has 0 bridgehead atoms. The molecule has 1 N–H and O–H groups in total. The summed E-state index contributed by atoms with van der Waals surface area (Å²) in [5.41, 5.74) is 4.15. The number of amidine groups is 2. The van der Waals surface area contributed by atoms with Gasteiger partial charge < -0.3 is 9.30 Å². The standard InChI is InChI=1S/C24H27N5O2S/c1-6-31-19-9-7-18(8-10-19)28-15(4)12-17(16(28)5)13-20-22(25)29-24(26-23(20)30)32-21(27-29)11-14(2)3/h7-10,12-14,25H,6,11H2,1-5H3. The first-order valence-corrected chi connectivity index (χ1v) is 11.5. The Labute approximate surface area is 192 Å². The van der Waals surface area contributed by atoms with E-state index < -0.39 is 5.91 Å². The third-order valence-corrected chi connectivity index (χ3v) is 6.19. The summed E-state index contributed by atoms with van der Waals surface area (Å²) in [6, 6.07) is 9.94. The number of amides is 1. The molecule has 2 aliphatic heterocycles. The number of ether oxygens (including phenoxy) is 1. The van der Waals surface area contributed by atoms with Crippen LogP contribution in [0.25, 0.3) is 11.8 Å². The molecule has 2 aliphatic rings. The van der Waals surface area contributed by atoms with Gasteiger partial charge in [0.15, 0.2) is 5.84 Å². The molecule has 3 heterocycles. The average Bonchev–Trinajstić information content (AvgIpc) is 3.25. The molecule has 0 atom stereocenters. The number of aromatic nitrogens is 1. The average molecular weight is 450 g/mol. The number of nitrogens with zero attached hydrogens (tertiary/aromatic N) is 4. The van der Waals surface area contributed by atoms with E-state index in [9.17, 15) is 4.79 Å². The van der Waals surface area contributed by atoms with Crippen LogP contribution in [0.2, 0.25) is 0 Å². The van der Waals surface area contributed by atoms with Crippen LogP contribution in [0.15, 0.2) is 46.0 Å². The normalized spacial score (nSPS) is 17.2. The Morgan fingerprint density at radius 2 is 1.94 bits per heavy atom. The molecule has 8 heteroatoms. The smallest absolute Gasteiger partial charge is 0.283 e. The zero-order chi connectivity index (χ0) is 23.0. The molecule has 0 saturated heterocycles. The van der Waals surface area contributed by atoms with Crippen molar-refractivity contribution in [1.82, 2.24) is 9.58 Å². The summed E-state index contributed by atoms with van der Waals surface area (Å²) < 4.78 is 7.66. The van der Waals surface area contributed by atoms with E-state index in [1.54, 1.807) is 6.08 Å². The zero-order valence-corrected chi connectivity index (χ0v) is 19.8. The summed E-state index contributed by atoms with van der Waals surface area (Å²) in [7, 11) is 0. The quantitative estimate of drug-likeness (QED) is 0.618. The molecule has 4 rings (SSSR count). The van der Waals surface area contributed by atoms with Crippen LogP contribution in [-0.2, 0) is 4.79 Å². The molecule has 166 valence electrons. The molecular weight excluding hydrogens is 422 g/mol. The van der Waals surface area contributed by atoms with E-state index in [0.29, 0.717) is 17.7 Å². The van der Waals surface area contributed by atoms with Crippen molar-refractivity contribution in [3.63, 3.8) is 0 Å². The Morgan fingerprint density at radius 3 is 2.59 bits per heavy atom. The summed E-state index contributed by atoms with van der Waals surface area (Å²) in [4.78, 5) is 16.9. The van der Waals surface area contributed by atoms with E-state index >= 15 is 0 Å². The highest BCUT2D eigenvalue weighted by Gasteiger charge is 2.35. The molecule has 0 unspecified atom stereocenters. The molecule has 7 nitrogen and oxygen atoms in total. The van der Waals surface area contributed by atoms with Gasteiger partial charge in [0.25, 0.3) is 5.91 Å². The van der Waals surface area contributed by atoms with E-state index in [1.807, 2.05) is 51.1 Å². The fourth-order valence-electron chi connectivity index (χ4n) is 3.81. The molecule has 1 aromatic heterocycles. The maximum atomic E-state index is 12.7. The number of carbonyl (C=O) groups is 1. The minimum absolute atomic E-state index is 0.0668. The monoisotopic (exact) mass is 449 g/mol. The molecule has 2 aromatic rings. The topological polar surface area (TPSA) is 83.0 Å². The van der Waals surface area contributed by atoms with Gasteiger partial charge in [-0.2, -0.15) is 15.1 Å². The van der Waals surface area contributed by atoms with Crippen LogP contribution in [0, 0.1) is 25.2 Å². The first kappa shape index (κ1) is 22.1. The number of nitrogens with one attached hydrogen (secondary N) is 1. The van der Waals surface area contributed by atoms with Crippen LogP contribution in [0.5, 0.6) is 5.75 Å². The second kappa shape index (κ2) is 8.78. The number of fused-ring (bicyclic) bond motifs is 1. The fourth-order valence-corrected chi connectivity index (χ4v) is 4.91. The Morgan fingerprint density at radius 1 is 1.22 bits per heavy atom. The fraction of sp³-hybridized carbons (Fsp3) is 0.333. The van der Waals surface area contributed by atoms with Gasteiger partial charge in [-0.25, -0.2) is 0 Å². The summed E-state index contributed by atoms with van der Waals surface area (Å²) in [5, 5.41) is 15.9. The zero-order valence-electron chi connectivity index (χ0n) is 19.0. The Kier molecular flexibility index (Phi) is 6.06. The van der Waals surface area contributed by atoms with Gasteiger partial charge >= 0.3 is 0 Å². The van der Waals surface area contributed by atoms with Crippen molar-refractivity contribution in [2.75, 3.05) is 6.61 Å². The number of aryl methyl sites for hydroxylation is 1. The minimum Gasteiger partial charge on any atom is -0.494 e. The number of hydrogen-bond acceptors (Lipinski definition) is 5. The summed E-state index contributed by atoms with van der Waals surface area (Å²) in [6.45, 7) is 10.8. The number of rotatable bonds is 6. The van der Waals surface area contributed by atoms with Gasteiger partial charge in [-0.3, -0.25) is 10.2 Å². The first-order chi connectivity index (χ1) is 15.3. The molecule has 0 saturated carbocycles. The predicted octanol–water partition coefficient (Wildman–Crippen LogP) is 5.16. The van der Waals surface area contributed by atoms with Crippen LogP contribution >= 0.6 is 11.8 Å². The third kappa shape index (κ3) is 4.14. The van der Waals surface area contributed by atoms with E-state index in [-0.39, 0.29) is 11.4 Å². The Balaban J connectivity index is 1.66. The van der Waals surface area contributed by atoms with Crippen LogP contribution < -0.4 is 4.74 Å². The first-order valence-electron chi connectivity index (χ1n) is 10.7. The number of hydrogen-bond donors (Lipinski definition) is 1. The Bertz CT molecular complexity index is 1170. The van der Waals surface area contributed by atoms with Gasteiger partial charge in [0.05, 0.1) is 12.2 Å². The van der Waals surface area contributed by atoms with Crippen molar-refractivity contribution < 1.29 is 9.53 Å². The highest BCUT2D eigenvalue weighted by molar-refractivity contribution is 8.26. The van der Waals surface area contributed by atoms with Crippen LogP contribution in [0.3, 0.4) is 0 Å². The maximum absolute atomic E-state index is 12.7. The number of carbonyl (C=O) groups excluding carboxylic acids is 1. The van der Waals surface area contributed by atoms with Gasteiger partial charge in [0.2, 0.25) is 5.17 Å². The maximum Gasteiger partial charge on any atom is 0.283 e. The van der Waals surface area contributed by atoms with Gasteiger partial charge in [-0.15, -0.1) is 0 Å². The van der Waals surface area contributed by atoms with Crippen LogP contribution in [-0.4, -0.2) is 38.1 Å². The molecule has 0 aliphatic carbocycles. The highest BCUT2D eigenvalue weighted by atomic mass is 32.2. The number of aliphatic imine (C=N–C) groups is 1. The van der Waals surface area contributed by atoms with Crippen molar-refractivity contribution in [1.29, 1.82) is 5.41 Å². The van der Waals surface area contributed by atoms with E-state index in [0.717, 1.165) is 39.9 Å². The number of hydrazone groups is 1. The number of thioether (sulfide) groups is 1. The van der Waals surface area contributed by atoms with E-state index in [2.05, 4.69) is 28.5 Å². The largest absolute Gasteiger partial charge is 0.494 e. The van der Waals surface area contributed by atoms with Gasteiger partial charge in [-0.1, -0.05) is 13.8 Å². The lowest BCUT2D eigenvalue weighted by molar-refractivity contribution is -0.114. The van der Waals surface area contributed by atoms with Gasteiger partial charge in [0.1, 0.15) is 10.8 Å². The van der Waals surface area contributed by atoms with Crippen molar-refractivity contribution >= 4 is 39.8 Å². The molecule has 0 spiro atoms. The summed E-state index contributed by atoms with van der Waals surface area (Å²) in [6.07, 6.45) is 2.54. The molecule has 1 aromatic carbocycles. The van der Waals surface area contributed by atoms with Crippen LogP contribution in [0.4, 0.5) is 0 Å². The number of benzene rings is 1. The summed E-state index contributed by atoms with van der Waals surface area (Å²) in [5.74, 6) is 0.936. The van der Waals surface area contributed by atoms with Crippen molar-refractivity contribution in [3.8, 4) is 11.4 Å². The van der Waals surface area contributed by atoms with Gasteiger partial charge in [0, 0.05) is 23.5 Å². The predicted molar refractivity (Wildman–Crippen MR) is 131 cm³/mol. The van der Waals surface area contributed by atoms with Crippen molar-refractivity contribution in [3.05, 3.63) is 52.9 Å². The highest BCUT2D eigenvalue weighted by Crippen LogP contribution is 2.31. The SMILES string of the molecule is CCOc1ccc(-n2c(C)cc(C=C3C(=N)N4N=C(CC(C)C)SC4=NC3=O)c2C)cc1. The molecule has 0 radical (unpaired) electrons. The lowest BCUT2D eigenvalue weighted by Crippen LogP contribution is -2.35. The van der Waals surface area contributed by atoms with E-state index in [1.165, 1.54) is 16.8 Å². The minimum atomic E-state index is -0.402. The molecular formula is C24H27N5O2S. The Hall–Kier alpha value is -3.13. The second-order valence-electron chi connectivity index (χ2n) is 8.20. The van der Waals surface area contributed by atoms with Crippen molar-refractivity contribution in [2.24, 2.45) is 16.0 Å². The molecule has 1 amide bonds. The third-order valence-electron chi connectivity index (χ3n) is 5.26. The molecule has 32 heavy (non-hydrogen) atoms. The lowest BCUT2D eigenvalue weighted by atomic mass is 10.1. The summed E-state index contributed by atoms with van der Waals surface area (Å²) >= 11 is 1.37. The second-order valence-corrected chi connectivity index (χ2v) is 9.24. The molecule has 0 fully saturated rings. The lowest BCUT2D eigenvalue weighted by Gasteiger charge is -2.20. The van der Waals surface area contributed by atoms with E-state index in [4.69, 9.17) is 10.1 Å². The van der Waals surface area contributed by atoms with Crippen molar-refractivity contribution in [2.45, 2.75) is 41.0 Å². The van der Waals surface area contributed by atoms with Gasteiger partial charge in [-0.05, 0) is 80.4 Å². The van der Waals surface area contributed by atoms with Crippen LogP contribution in [0.1, 0.15) is 44.1 Å².